The number of aromatic nitrogens is 1. The number of nitrogens with zero attached hydrogens (tertiary/aromatic N) is 1. The standard InChI is InChI=1S/C16H19ClN2O/c1-2-8-18-10-14-9-16(19-11-15(14)17)20-12-13-6-4-3-5-7-13/h3-7,9,11,18H,2,8,10,12H2,1H3. The third kappa shape index (κ3) is 4.51. The van der Waals surface area contributed by atoms with Crippen molar-refractivity contribution in [3.05, 3.63) is 58.7 Å². The van der Waals surface area contributed by atoms with E-state index in [0.29, 0.717) is 17.5 Å². The molecule has 0 bridgehead atoms. The van der Waals surface area contributed by atoms with Gasteiger partial charge in [0.2, 0.25) is 5.88 Å². The molecule has 0 atom stereocenters. The Balaban J connectivity index is 1.96. The van der Waals surface area contributed by atoms with Crippen LogP contribution in [-0.2, 0) is 13.2 Å². The zero-order valence-corrected chi connectivity index (χ0v) is 12.4. The largest absolute Gasteiger partial charge is 0.473 e. The molecule has 0 saturated heterocycles. The van der Waals surface area contributed by atoms with Gasteiger partial charge in [-0.2, -0.15) is 0 Å². The summed E-state index contributed by atoms with van der Waals surface area (Å²) in [7, 11) is 0. The minimum Gasteiger partial charge on any atom is -0.473 e. The number of nitrogens with one attached hydrogen (secondary N) is 1. The molecule has 0 aliphatic carbocycles. The molecule has 0 radical (unpaired) electrons. The van der Waals surface area contributed by atoms with Gasteiger partial charge < -0.3 is 10.1 Å². The van der Waals surface area contributed by atoms with Crippen LogP contribution in [0.3, 0.4) is 0 Å². The SMILES string of the molecule is CCCNCc1cc(OCc2ccccc2)ncc1Cl. The predicted molar refractivity (Wildman–Crippen MR) is 82.0 cm³/mol. The van der Waals surface area contributed by atoms with Gasteiger partial charge in [-0.1, -0.05) is 48.9 Å². The average molecular weight is 291 g/mol. The van der Waals surface area contributed by atoms with Gasteiger partial charge in [-0.05, 0) is 24.1 Å². The smallest absolute Gasteiger partial charge is 0.213 e. The third-order valence-corrected chi connectivity index (χ3v) is 3.22. The number of hydrogen-bond donors (Lipinski definition) is 1. The fourth-order valence-electron chi connectivity index (χ4n) is 1.80. The highest BCUT2D eigenvalue weighted by Gasteiger charge is 2.04. The highest BCUT2D eigenvalue weighted by Crippen LogP contribution is 2.20. The lowest BCUT2D eigenvalue weighted by atomic mass is 10.2. The van der Waals surface area contributed by atoms with E-state index < -0.39 is 0 Å². The summed E-state index contributed by atoms with van der Waals surface area (Å²) in [5, 5.41) is 3.99. The molecule has 0 aliphatic rings. The molecule has 0 unspecified atom stereocenters. The van der Waals surface area contributed by atoms with E-state index >= 15 is 0 Å². The first-order chi connectivity index (χ1) is 9.79. The van der Waals surface area contributed by atoms with Crippen molar-refractivity contribution in [2.75, 3.05) is 6.54 Å². The molecule has 1 aromatic carbocycles. The molecule has 4 heteroatoms. The summed E-state index contributed by atoms with van der Waals surface area (Å²) in [6.07, 6.45) is 2.74. The minimum absolute atomic E-state index is 0.511. The second-order valence-electron chi connectivity index (χ2n) is 4.57. The molecule has 20 heavy (non-hydrogen) atoms. The Morgan fingerprint density at radius 1 is 1.25 bits per heavy atom. The summed E-state index contributed by atoms with van der Waals surface area (Å²) >= 11 is 6.13. The van der Waals surface area contributed by atoms with Crippen LogP contribution in [0.1, 0.15) is 24.5 Å². The summed E-state index contributed by atoms with van der Waals surface area (Å²) < 4.78 is 5.70. The van der Waals surface area contributed by atoms with E-state index in [1.807, 2.05) is 36.4 Å². The van der Waals surface area contributed by atoms with E-state index in [0.717, 1.165) is 30.6 Å². The van der Waals surface area contributed by atoms with Crippen molar-refractivity contribution in [2.24, 2.45) is 0 Å². The van der Waals surface area contributed by atoms with Gasteiger partial charge in [0.15, 0.2) is 0 Å². The maximum atomic E-state index is 6.13. The van der Waals surface area contributed by atoms with Crippen LogP contribution in [0.5, 0.6) is 5.88 Å². The Bertz CT molecular complexity index is 531. The summed E-state index contributed by atoms with van der Waals surface area (Å²) in [6.45, 7) is 4.35. The van der Waals surface area contributed by atoms with Crippen LogP contribution in [0.4, 0.5) is 0 Å². The van der Waals surface area contributed by atoms with Gasteiger partial charge in [0.1, 0.15) is 6.61 Å². The van der Waals surface area contributed by atoms with E-state index in [-0.39, 0.29) is 0 Å². The zero-order valence-electron chi connectivity index (χ0n) is 11.6. The Morgan fingerprint density at radius 2 is 2.05 bits per heavy atom. The molecule has 0 amide bonds. The number of benzene rings is 1. The number of halogens is 1. The zero-order chi connectivity index (χ0) is 14.2. The molecule has 2 aromatic rings. The van der Waals surface area contributed by atoms with E-state index in [9.17, 15) is 0 Å². The average Bonchev–Trinajstić information content (AvgIpc) is 2.49. The van der Waals surface area contributed by atoms with Gasteiger partial charge in [0.25, 0.3) is 0 Å². The quantitative estimate of drug-likeness (QED) is 0.787. The second-order valence-corrected chi connectivity index (χ2v) is 4.97. The van der Waals surface area contributed by atoms with E-state index in [2.05, 4.69) is 17.2 Å². The number of ether oxygens (including phenoxy) is 1. The maximum Gasteiger partial charge on any atom is 0.213 e. The molecular formula is C16H19ClN2O. The van der Waals surface area contributed by atoms with Crippen LogP contribution < -0.4 is 10.1 Å². The van der Waals surface area contributed by atoms with Crippen molar-refractivity contribution in [1.82, 2.24) is 10.3 Å². The van der Waals surface area contributed by atoms with Crippen molar-refractivity contribution in [3.63, 3.8) is 0 Å². The second kappa shape index (κ2) is 7.88. The molecule has 1 N–H and O–H groups in total. The highest BCUT2D eigenvalue weighted by molar-refractivity contribution is 6.31. The predicted octanol–water partition coefficient (Wildman–Crippen LogP) is 3.81. The molecule has 106 valence electrons. The Kier molecular flexibility index (Phi) is 5.84. The lowest BCUT2D eigenvalue weighted by Gasteiger charge is -2.09. The molecule has 2 rings (SSSR count). The van der Waals surface area contributed by atoms with E-state index in [1.165, 1.54) is 0 Å². The van der Waals surface area contributed by atoms with Gasteiger partial charge >= 0.3 is 0 Å². The number of hydrogen-bond acceptors (Lipinski definition) is 3. The van der Waals surface area contributed by atoms with Crippen LogP contribution in [0.25, 0.3) is 0 Å². The van der Waals surface area contributed by atoms with Gasteiger partial charge in [-0.25, -0.2) is 4.98 Å². The number of rotatable bonds is 7. The minimum atomic E-state index is 0.511. The fourth-order valence-corrected chi connectivity index (χ4v) is 1.97. The molecule has 3 nitrogen and oxygen atoms in total. The first kappa shape index (κ1) is 14.8. The van der Waals surface area contributed by atoms with Crippen molar-refractivity contribution in [1.29, 1.82) is 0 Å². The van der Waals surface area contributed by atoms with Gasteiger partial charge in [0, 0.05) is 18.8 Å². The van der Waals surface area contributed by atoms with Crippen LogP contribution in [0, 0.1) is 0 Å². The molecule has 0 aliphatic heterocycles. The lowest BCUT2D eigenvalue weighted by Crippen LogP contribution is -2.14. The van der Waals surface area contributed by atoms with Crippen molar-refractivity contribution < 1.29 is 4.74 Å². The highest BCUT2D eigenvalue weighted by atomic mass is 35.5. The van der Waals surface area contributed by atoms with Gasteiger partial charge in [-0.3, -0.25) is 0 Å². The molecular weight excluding hydrogens is 272 g/mol. The Morgan fingerprint density at radius 3 is 2.80 bits per heavy atom. The van der Waals surface area contributed by atoms with E-state index in [1.54, 1.807) is 6.20 Å². The van der Waals surface area contributed by atoms with Crippen LogP contribution in [0.2, 0.25) is 5.02 Å². The summed E-state index contributed by atoms with van der Waals surface area (Å²) in [5.41, 5.74) is 2.13. The first-order valence-corrected chi connectivity index (χ1v) is 7.19. The third-order valence-electron chi connectivity index (χ3n) is 2.88. The topological polar surface area (TPSA) is 34.1 Å². The molecule has 1 aromatic heterocycles. The monoisotopic (exact) mass is 290 g/mol. The van der Waals surface area contributed by atoms with Crippen molar-refractivity contribution in [3.8, 4) is 5.88 Å². The Hall–Kier alpha value is -1.58. The maximum absolute atomic E-state index is 6.13. The van der Waals surface area contributed by atoms with Gasteiger partial charge in [0.05, 0.1) is 5.02 Å². The number of pyridine rings is 1. The lowest BCUT2D eigenvalue weighted by molar-refractivity contribution is 0.293. The normalized spacial score (nSPS) is 10.5. The molecule has 0 fully saturated rings. The van der Waals surface area contributed by atoms with E-state index in [4.69, 9.17) is 16.3 Å². The summed E-state index contributed by atoms with van der Waals surface area (Å²) in [4.78, 5) is 4.20. The molecule has 0 saturated carbocycles. The van der Waals surface area contributed by atoms with Crippen LogP contribution >= 0.6 is 11.6 Å². The first-order valence-electron chi connectivity index (χ1n) is 6.81. The molecule has 1 heterocycles. The summed E-state index contributed by atoms with van der Waals surface area (Å²) in [5.74, 6) is 0.603. The molecule has 0 spiro atoms. The summed E-state index contributed by atoms with van der Waals surface area (Å²) in [6, 6.07) is 11.9. The fraction of sp³-hybridized carbons (Fsp3) is 0.312. The Labute approximate surface area is 124 Å². The van der Waals surface area contributed by atoms with Crippen molar-refractivity contribution >= 4 is 11.6 Å². The van der Waals surface area contributed by atoms with Crippen LogP contribution in [-0.4, -0.2) is 11.5 Å². The van der Waals surface area contributed by atoms with Crippen molar-refractivity contribution in [2.45, 2.75) is 26.5 Å². The van der Waals surface area contributed by atoms with Crippen LogP contribution in [0.15, 0.2) is 42.6 Å². The van der Waals surface area contributed by atoms with Gasteiger partial charge in [-0.15, -0.1) is 0 Å².